The number of nitro groups is 1. The van der Waals surface area contributed by atoms with Gasteiger partial charge in [-0.3, -0.25) is 20.2 Å². The first-order valence-corrected chi connectivity index (χ1v) is 10.2. The molecule has 8 heteroatoms. The largest absolute Gasteiger partial charge is 0.298 e. The molecule has 0 spiro atoms. The highest BCUT2D eigenvalue weighted by Gasteiger charge is 2.18. The Balaban J connectivity index is 1.83. The third-order valence-electron chi connectivity index (χ3n) is 4.03. The van der Waals surface area contributed by atoms with E-state index < -0.39 is 10.8 Å². The van der Waals surface area contributed by atoms with E-state index in [2.05, 4.69) is 16.4 Å². The number of aryl methyl sites for hydroxylation is 2. The fraction of sp³-hybridized carbons (Fsp3) is 0.158. The van der Waals surface area contributed by atoms with Gasteiger partial charge < -0.3 is 0 Å². The molecule has 138 valence electrons. The van der Waals surface area contributed by atoms with Crippen LogP contribution in [0, 0.1) is 24.0 Å². The van der Waals surface area contributed by atoms with Crippen molar-refractivity contribution in [2.24, 2.45) is 0 Å². The molecule has 2 aromatic carbocycles. The summed E-state index contributed by atoms with van der Waals surface area (Å²) in [5.74, 6) is -0.424. The Bertz CT molecular complexity index is 1030. The summed E-state index contributed by atoms with van der Waals surface area (Å²) < 4.78 is 0. The molecule has 0 aliphatic heterocycles. The minimum atomic E-state index is -0.482. The van der Waals surface area contributed by atoms with Crippen LogP contribution in [0.4, 0.5) is 10.8 Å². The average Bonchev–Trinajstić information content (AvgIpc) is 3.11. The number of aromatic nitrogens is 1. The summed E-state index contributed by atoms with van der Waals surface area (Å²) in [6.45, 7) is 4.03. The quantitative estimate of drug-likeness (QED) is 0.357. The third kappa shape index (κ3) is 4.17. The van der Waals surface area contributed by atoms with Gasteiger partial charge in [-0.25, -0.2) is 4.98 Å². The zero-order chi connectivity index (χ0) is 19.6. The van der Waals surface area contributed by atoms with Gasteiger partial charge in [0.15, 0.2) is 5.13 Å². The van der Waals surface area contributed by atoms with Crippen LogP contribution in [0.3, 0.4) is 0 Å². The van der Waals surface area contributed by atoms with Crippen molar-refractivity contribution in [3.8, 4) is 11.3 Å². The zero-order valence-corrected chi connectivity index (χ0v) is 16.6. The van der Waals surface area contributed by atoms with E-state index in [1.807, 2.05) is 31.4 Å². The fourth-order valence-corrected chi connectivity index (χ4v) is 3.86. The molecule has 1 N–H and O–H groups in total. The summed E-state index contributed by atoms with van der Waals surface area (Å²) in [5, 5.41) is 16.2. The topological polar surface area (TPSA) is 85.1 Å². The number of carbonyl (C=O) groups is 1. The lowest BCUT2D eigenvalue weighted by Gasteiger charge is -2.05. The highest BCUT2D eigenvalue weighted by molar-refractivity contribution is 7.98. The number of hydrogen-bond donors (Lipinski definition) is 1. The molecule has 6 nitrogen and oxygen atoms in total. The van der Waals surface area contributed by atoms with Crippen molar-refractivity contribution in [3.63, 3.8) is 0 Å². The van der Waals surface area contributed by atoms with Gasteiger partial charge in [0.25, 0.3) is 11.6 Å². The molecule has 0 saturated carbocycles. The maximum atomic E-state index is 12.5. The molecule has 3 rings (SSSR count). The van der Waals surface area contributed by atoms with E-state index >= 15 is 0 Å². The Hall–Kier alpha value is -2.71. The van der Waals surface area contributed by atoms with Crippen molar-refractivity contribution < 1.29 is 9.72 Å². The molecule has 1 aromatic heterocycles. The molecule has 0 radical (unpaired) electrons. The van der Waals surface area contributed by atoms with Crippen LogP contribution in [0.15, 0.2) is 46.7 Å². The minimum Gasteiger partial charge on any atom is -0.298 e. The van der Waals surface area contributed by atoms with Crippen molar-refractivity contribution in [1.82, 2.24) is 4.98 Å². The number of carbonyl (C=O) groups excluding carboxylic acids is 1. The normalized spacial score (nSPS) is 10.6. The highest BCUT2D eigenvalue weighted by atomic mass is 32.2. The van der Waals surface area contributed by atoms with Gasteiger partial charge in [-0.1, -0.05) is 17.7 Å². The van der Waals surface area contributed by atoms with Crippen LogP contribution in [-0.2, 0) is 0 Å². The monoisotopic (exact) mass is 399 g/mol. The number of hydrogen-bond acceptors (Lipinski definition) is 6. The van der Waals surface area contributed by atoms with Crippen molar-refractivity contribution in [2.45, 2.75) is 18.7 Å². The first-order valence-electron chi connectivity index (χ1n) is 8.06. The van der Waals surface area contributed by atoms with Crippen LogP contribution >= 0.6 is 23.1 Å². The second-order valence-corrected chi connectivity index (χ2v) is 7.66. The summed E-state index contributed by atoms with van der Waals surface area (Å²) in [4.78, 5) is 28.2. The van der Waals surface area contributed by atoms with E-state index in [1.54, 1.807) is 18.4 Å². The molecule has 1 amide bonds. The first kappa shape index (κ1) is 19.1. The maximum Gasteiger partial charge on any atom is 0.283 e. The molecule has 0 atom stereocenters. The number of nitro benzene ring substituents is 1. The number of amides is 1. The SMILES string of the molecule is CSc1ccc(C(=O)Nc2nc(-c3cc(C)ccc3C)cs2)cc1[N+](=O)[O-]. The van der Waals surface area contributed by atoms with Gasteiger partial charge >= 0.3 is 0 Å². The molecular formula is C19H17N3O3S2. The van der Waals surface area contributed by atoms with E-state index in [9.17, 15) is 14.9 Å². The van der Waals surface area contributed by atoms with E-state index in [1.165, 1.54) is 29.2 Å². The third-order valence-corrected chi connectivity index (χ3v) is 5.57. The summed E-state index contributed by atoms with van der Waals surface area (Å²) in [7, 11) is 0. The van der Waals surface area contributed by atoms with Gasteiger partial charge in [0.2, 0.25) is 0 Å². The number of rotatable bonds is 5. The van der Waals surface area contributed by atoms with Crippen molar-refractivity contribution in [1.29, 1.82) is 0 Å². The van der Waals surface area contributed by atoms with Gasteiger partial charge in [-0.15, -0.1) is 23.1 Å². The summed E-state index contributed by atoms with van der Waals surface area (Å²) in [5.41, 5.74) is 4.20. The van der Waals surface area contributed by atoms with Crippen LogP contribution in [0.2, 0.25) is 0 Å². The second-order valence-electron chi connectivity index (χ2n) is 5.95. The summed E-state index contributed by atoms with van der Waals surface area (Å²) in [6.07, 6.45) is 1.76. The molecule has 0 aliphatic carbocycles. The van der Waals surface area contributed by atoms with Gasteiger partial charge in [-0.2, -0.15) is 0 Å². The number of thioether (sulfide) groups is 1. The molecular weight excluding hydrogens is 382 g/mol. The molecule has 0 unspecified atom stereocenters. The number of anilines is 1. The maximum absolute atomic E-state index is 12.5. The van der Waals surface area contributed by atoms with Crippen LogP contribution in [0.5, 0.6) is 0 Å². The second kappa shape index (κ2) is 7.89. The number of nitrogens with one attached hydrogen (secondary N) is 1. The van der Waals surface area contributed by atoms with Crippen molar-refractivity contribution in [3.05, 3.63) is 68.6 Å². The molecule has 0 bridgehead atoms. The summed E-state index contributed by atoms with van der Waals surface area (Å²) in [6, 6.07) is 10.6. The standard InChI is InChI=1S/C19H17N3O3S2/c1-11-4-5-12(2)14(8-11)15-10-27-19(20-15)21-18(23)13-6-7-17(26-3)16(9-13)22(24)25/h4-10H,1-3H3,(H,20,21,23). The average molecular weight is 399 g/mol. The van der Waals surface area contributed by atoms with Crippen LogP contribution in [0.25, 0.3) is 11.3 Å². The van der Waals surface area contributed by atoms with Gasteiger partial charge in [-0.05, 0) is 43.9 Å². The van der Waals surface area contributed by atoms with Gasteiger partial charge in [0, 0.05) is 22.6 Å². The molecule has 0 saturated heterocycles. The Morgan fingerprint density at radius 2 is 2.00 bits per heavy atom. The molecule has 0 fully saturated rings. The molecule has 1 heterocycles. The molecule has 27 heavy (non-hydrogen) atoms. The van der Waals surface area contributed by atoms with Crippen molar-refractivity contribution >= 4 is 39.8 Å². The fourth-order valence-electron chi connectivity index (χ4n) is 2.61. The lowest BCUT2D eigenvalue weighted by Crippen LogP contribution is -2.12. The first-order chi connectivity index (χ1) is 12.9. The lowest BCUT2D eigenvalue weighted by atomic mass is 10.0. The van der Waals surface area contributed by atoms with Crippen molar-refractivity contribution in [2.75, 3.05) is 11.6 Å². The van der Waals surface area contributed by atoms with E-state index in [4.69, 9.17) is 0 Å². The predicted octanol–water partition coefficient (Wildman–Crippen LogP) is 5.31. The van der Waals surface area contributed by atoms with Gasteiger partial charge in [0.05, 0.1) is 15.5 Å². The van der Waals surface area contributed by atoms with Crippen LogP contribution in [-0.4, -0.2) is 22.1 Å². The zero-order valence-electron chi connectivity index (χ0n) is 15.0. The lowest BCUT2D eigenvalue weighted by molar-refractivity contribution is -0.387. The Morgan fingerprint density at radius 1 is 1.22 bits per heavy atom. The smallest absolute Gasteiger partial charge is 0.283 e. The van der Waals surface area contributed by atoms with E-state index in [0.717, 1.165) is 22.4 Å². The van der Waals surface area contributed by atoms with E-state index in [0.29, 0.717) is 10.0 Å². The van der Waals surface area contributed by atoms with Gasteiger partial charge in [0.1, 0.15) is 0 Å². The van der Waals surface area contributed by atoms with Crippen LogP contribution < -0.4 is 5.32 Å². The predicted molar refractivity (Wildman–Crippen MR) is 110 cm³/mol. The van der Waals surface area contributed by atoms with Crippen LogP contribution in [0.1, 0.15) is 21.5 Å². The molecule has 3 aromatic rings. The van der Waals surface area contributed by atoms with E-state index in [-0.39, 0.29) is 11.3 Å². The number of benzene rings is 2. The number of nitrogens with zero attached hydrogens (tertiary/aromatic N) is 2. The highest BCUT2D eigenvalue weighted by Crippen LogP contribution is 2.30. The minimum absolute atomic E-state index is 0.0784. The molecule has 0 aliphatic rings. The Kier molecular flexibility index (Phi) is 5.57. The Morgan fingerprint density at radius 3 is 2.70 bits per heavy atom. The number of thiazole rings is 1. The summed E-state index contributed by atoms with van der Waals surface area (Å²) >= 11 is 2.59. The Labute approximate surface area is 164 Å².